The monoisotopic (exact) mass is 590 g/mol. The third kappa shape index (κ3) is 5.51. The van der Waals surface area contributed by atoms with E-state index in [0.29, 0.717) is 26.9 Å². The van der Waals surface area contributed by atoms with Gasteiger partial charge in [-0.25, -0.2) is 4.98 Å². The first-order valence-corrected chi connectivity index (χ1v) is 12.4. The minimum absolute atomic E-state index is 0.0401. The average Bonchev–Trinajstić information content (AvgIpc) is 3.38. The molecule has 2 aromatic carbocycles. The van der Waals surface area contributed by atoms with Crippen molar-refractivity contribution < 1.29 is 14.3 Å². The fraction of sp³-hybridized carbons (Fsp3) is 0.208. The summed E-state index contributed by atoms with van der Waals surface area (Å²) >= 11 is 37.6. The van der Waals surface area contributed by atoms with Crippen LogP contribution in [-0.2, 0) is 11.2 Å². The van der Waals surface area contributed by atoms with Crippen molar-refractivity contribution in [2.24, 2.45) is 5.92 Å². The van der Waals surface area contributed by atoms with E-state index in [9.17, 15) is 9.59 Å². The van der Waals surface area contributed by atoms with Crippen LogP contribution in [0, 0.1) is 5.92 Å². The number of carbonyl (C=O) groups excluding carboxylic acids is 2. The molecule has 1 aliphatic rings. The number of hydrogen-bond donors (Lipinski definition) is 1. The van der Waals surface area contributed by atoms with Gasteiger partial charge in [-0.2, -0.15) is 0 Å². The van der Waals surface area contributed by atoms with E-state index in [-0.39, 0.29) is 33.7 Å². The zero-order valence-corrected chi connectivity index (χ0v) is 22.5. The van der Waals surface area contributed by atoms with Crippen molar-refractivity contribution in [3.63, 3.8) is 0 Å². The van der Waals surface area contributed by atoms with Crippen molar-refractivity contribution >= 4 is 87.0 Å². The molecule has 5 nitrogen and oxygen atoms in total. The SMILES string of the molecule is COc1nccc(CC(=O)c2cc(NC(=O)C3C(c4cc(Cl)cc(Cl)c4)C3(Cl)Cl)ccc2Cl)c1Cl. The highest BCUT2D eigenvalue weighted by Crippen LogP contribution is 2.65. The van der Waals surface area contributed by atoms with Gasteiger partial charge in [0.1, 0.15) is 9.36 Å². The van der Waals surface area contributed by atoms with Gasteiger partial charge in [-0.1, -0.05) is 46.4 Å². The number of alkyl halides is 2. The van der Waals surface area contributed by atoms with E-state index >= 15 is 0 Å². The Kier molecular flexibility index (Phi) is 7.77. The van der Waals surface area contributed by atoms with E-state index in [1.807, 2.05) is 0 Å². The molecule has 1 aromatic heterocycles. The quantitative estimate of drug-likeness (QED) is 0.226. The second kappa shape index (κ2) is 10.3. The molecule has 0 radical (unpaired) electrons. The normalized spacial score (nSPS) is 18.1. The van der Waals surface area contributed by atoms with Crippen molar-refractivity contribution in [3.05, 3.63) is 85.4 Å². The molecule has 0 bridgehead atoms. The minimum atomic E-state index is -1.33. The van der Waals surface area contributed by atoms with Crippen molar-refractivity contribution in [2.45, 2.75) is 16.7 Å². The number of pyridine rings is 1. The number of benzene rings is 2. The molecule has 1 saturated carbocycles. The molecule has 11 heteroatoms. The highest BCUT2D eigenvalue weighted by Gasteiger charge is 2.67. The molecule has 0 aliphatic heterocycles. The summed E-state index contributed by atoms with van der Waals surface area (Å²) in [5.41, 5.74) is 1.77. The van der Waals surface area contributed by atoms with Gasteiger partial charge in [0.2, 0.25) is 11.8 Å². The number of nitrogens with one attached hydrogen (secondary N) is 1. The Hall–Kier alpha value is -1.73. The Bertz CT molecular complexity index is 1310. The number of ketones is 1. The van der Waals surface area contributed by atoms with Crippen LogP contribution in [-0.4, -0.2) is 28.1 Å². The van der Waals surface area contributed by atoms with Gasteiger partial charge in [-0.3, -0.25) is 9.59 Å². The van der Waals surface area contributed by atoms with Gasteiger partial charge < -0.3 is 10.1 Å². The molecule has 2 unspecified atom stereocenters. The van der Waals surface area contributed by atoms with E-state index in [0.717, 1.165) is 0 Å². The first-order chi connectivity index (χ1) is 16.5. The Morgan fingerprint density at radius 2 is 1.71 bits per heavy atom. The molecule has 1 fully saturated rings. The van der Waals surface area contributed by atoms with Gasteiger partial charge in [0, 0.05) is 39.8 Å². The average molecular weight is 593 g/mol. The van der Waals surface area contributed by atoms with Gasteiger partial charge >= 0.3 is 0 Å². The van der Waals surface area contributed by atoms with Gasteiger partial charge in [-0.05, 0) is 53.6 Å². The predicted octanol–water partition coefficient (Wildman–Crippen LogP) is 7.66. The third-order valence-electron chi connectivity index (χ3n) is 5.60. The Balaban J connectivity index is 1.52. The summed E-state index contributed by atoms with van der Waals surface area (Å²) in [5, 5.41) is 4.06. The summed E-state index contributed by atoms with van der Waals surface area (Å²) in [5.74, 6) is -1.76. The number of nitrogens with zero attached hydrogens (tertiary/aromatic N) is 1. The fourth-order valence-corrected chi connectivity index (χ4v) is 5.72. The maximum absolute atomic E-state index is 13.0. The second-order valence-electron chi connectivity index (χ2n) is 7.91. The number of rotatable bonds is 7. The van der Waals surface area contributed by atoms with Crippen LogP contribution in [0.1, 0.15) is 27.4 Å². The molecular weight excluding hydrogens is 577 g/mol. The number of anilines is 1. The number of hydrogen-bond acceptors (Lipinski definition) is 4. The minimum Gasteiger partial charge on any atom is -0.480 e. The molecule has 2 atom stereocenters. The van der Waals surface area contributed by atoms with E-state index < -0.39 is 22.1 Å². The first-order valence-electron chi connectivity index (χ1n) is 10.2. The number of Topliss-reactive ketones (excluding diaryl/α,β-unsaturated/α-hetero) is 1. The Labute approximate surface area is 231 Å². The Morgan fingerprint density at radius 3 is 2.37 bits per heavy atom. The molecule has 3 aromatic rings. The summed E-state index contributed by atoms with van der Waals surface area (Å²) in [4.78, 5) is 30.0. The lowest BCUT2D eigenvalue weighted by Gasteiger charge is -2.10. The van der Waals surface area contributed by atoms with Crippen LogP contribution < -0.4 is 10.1 Å². The lowest BCUT2D eigenvalue weighted by molar-refractivity contribution is -0.117. The van der Waals surface area contributed by atoms with Gasteiger partial charge in [0.15, 0.2) is 5.78 Å². The summed E-state index contributed by atoms with van der Waals surface area (Å²) in [7, 11) is 1.44. The van der Waals surface area contributed by atoms with Crippen LogP contribution in [0.2, 0.25) is 20.1 Å². The molecule has 35 heavy (non-hydrogen) atoms. The lowest BCUT2D eigenvalue weighted by atomic mass is 10.0. The number of carbonyl (C=O) groups is 2. The number of methoxy groups -OCH3 is 1. The highest BCUT2D eigenvalue weighted by atomic mass is 35.5. The summed E-state index contributed by atoms with van der Waals surface area (Å²) in [6.07, 6.45) is 1.46. The number of ether oxygens (including phenoxy) is 1. The van der Waals surface area contributed by atoms with E-state index in [4.69, 9.17) is 74.3 Å². The standard InChI is InChI=1S/C24H16Cl6N2O3/c1-35-23-21(28)11(4-5-31-23)8-18(33)16-10-15(2-3-17(16)27)32-22(34)20-19(24(20,29)30)12-6-13(25)9-14(26)7-12/h2-7,9-10,19-20H,8H2,1H3,(H,32,34). The number of amides is 1. The van der Waals surface area contributed by atoms with Crippen molar-refractivity contribution in [1.29, 1.82) is 0 Å². The maximum atomic E-state index is 13.0. The summed E-state index contributed by atoms with van der Waals surface area (Å²) in [6.45, 7) is 0. The first kappa shape index (κ1) is 26.3. The highest BCUT2D eigenvalue weighted by molar-refractivity contribution is 6.53. The fourth-order valence-electron chi connectivity index (χ4n) is 3.87. The van der Waals surface area contributed by atoms with Crippen LogP contribution in [0.15, 0.2) is 48.7 Å². The van der Waals surface area contributed by atoms with Gasteiger partial charge in [0.05, 0.1) is 18.1 Å². The van der Waals surface area contributed by atoms with E-state index in [2.05, 4.69) is 10.3 Å². The predicted molar refractivity (Wildman–Crippen MR) is 141 cm³/mol. The molecule has 0 spiro atoms. The van der Waals surface area contributed by atoms with E-state index in [1.165, 1.54) is 25.4 Å². The van der Waals surface area contributed by atoms with E-state index in [1.54, 1.807) is 30.3 Å². The largest absolute Gasteiger partial charge is 0.480 e. The molecule has 4 rings (SSSR count). The summed E-state index contributed by atoms with van der Waals surface area (Å²) < 4.78 is 3.76. The van der Waals surface area contributed by atoms with Crippen LogP contribution in [0.25, 0.3) is 0 Å². The molecule has 1 aliphatic carbocycles. The third-order valence-corrected chi connectivity index (χ3v) is 7.71. The van der Waals surface area contributed by atoms with Crippen molar-refractivity contribution in [2.75, 3.05) is 12.4 Å². The molecule has 1 N–H and O–H groups in total. The van der Waals surface area contributed by atoms with Crippen molar-refractivity contribution in [1.82, 2.24) is 4.98 Å². The Morgan fingerprint density at radius 1 is 1.03 bits per heavy atom. The topological polar surface area (TPSA) is 68.3 Å². The van der Waals surface area contributed by atoms with Crippen LogP contribution in [0.5, 0.6) is 5.88 Å². The van der Waals surface area contributed by atoms with Crippen LogP contribution >= 0.6 is 69.6 Å². The molecule has 182 valence electrons. The van der Waals surface area contributed by atoms with Gasteiger partial charge in [0.25, 0.3) is 0 Å². The second-order valence-corrected chi connectivity index (χ2v) is 11.0. The molecule has 0 saturated heterocycles. The molecule has 1 amide bonds. The molecular formula is C24H16Cl6N2O3. The molecule has 1 heterocycles. The maximum Gasteiger partial charge on any atom is 0.232 e. The smallest absolute Gasteiger partial charge is 0.232 e. The number of aromatic nitrogens is 1. The van der Waals surface area contributed by atoms with Crippen LogP contribution in [0.3, 0.4) is 0 Å². The number of halogens is 6. The van der Waals surface area contributed by atoms with Crippen LogP contribution in [0.4, 0.5) is 5.69 Å². The summed E-state index contributed by atoms with van der Waals surface area (Å²) in [6, 6.07) is 11.1. The van der Waals surface area contributed by atoms with Crippen molar-refractivity contribution in [3.8, 4) is 5.88 Å². The zero-order valence-electron chi connectivity index (χ0n) is 17.9. The zero-order chi connectivity index (χ0) is 25.5. The van der Waals surface area contributed by atoms with Gasteiger partial charge in [-0.15, -0.1) is 23.2 Å². The lowest BCUT2D eigenvalue weighted by Crippen LogP contribution is -2.17.